The largest absolute Gasteiger partial charge is 0.406 e. The van der Waals surface area contributed by atoms with E-state index >= 15 is 0 Å². The number of hydrogen-bond donors (Lipinski definition) is 1. The summed E-state index contributed by atoms with van der Waals surface area (Å²) in [5.74, 6) is 0.391. The Labute approximate surface area is 95.9 Å². The zero-order chi connectivity index (χ0) is 11.7. The Hall–Kier alpha value is -0.130. The molecule has 0 aliphatic heterocycles. The molecule has 0 aliphatic carbocycles. The van der Waals surface area contributed by atoms with Crippen LogP contribution in [0.25, 0.3) is 0 Å². The third-order valence-electron chi connectivity index (χ3n) is 1.25. The summed E-state index contributed by atoms with van der Waals surface area (Å²) >= 11 is 5.16. The third kappa shape index (κ3) is 6.12. The average Bonchev–Trinajstić information content (AvgIpc) is 2.17. The molecule has 0 aromatic rings. The van der Waals surface area contributed by atoms with Crippen LogP contribution < -0.4 is 5.48 Å². The SMILES string of the molecule is CC=C(NOC)OP(=S)(OCC)OCC. The van der Waals surface area contributed by atoms with Crippen molar-refractivity contribution in [2.45, 2.75) is 20.8 Å². The summed E-state index contributed by atoms with van der Waals surface area (Å²) in [5.41, 5.74) is 2.54. The second-order valence-electron chi connectivity index (χ2n) is 2.33. The van der Waals surface area contributed by atoms with Crippen LogP contribution in [-0.4, -0.2) is 20.3 Å². The summed E-state index contributed by atoms with van der Waals surface area (Å²) in [7, 11) is 1.48. The first-order valence-electron chi connectivity index (χ1n) is 4.65. The number of allylic oxidation sites excluding steroid dienone is 1. The van der Waals surface area contributed by atoms with E-state index in [-0.39, 0.29) is 0 Å². The van der Waals surface area contributed by atoms with Gasteiger partial charge in [-0.25, -0.2) is 5.48 Å². The van der Waals surface area contributed by atoms with Crippen LogP contribution in [0.15, 0.2) is 12.0 Å². The van der Waals surface area contributed by atoms with Crippen molar-refractivity contribution in [1.29, 1.82) is 0 Å². The predicted octanol–water partition coefficient (Wildman–Crippen LogP) is 2.31. The fourth-order valence-electron chi connectivity index (χ4n) is 0.758. The van der Waals surface area contributed by atoms with E-state index in [0.29, 0.717) is 19.1 Å². The molecule has 0 fully saturated rings. The highest BCUT2D eigenvalue weighted by atomic mass is 32.5. The minimum Gasteiger partial charge on any atom is -0.406 e. The zero-order valence-corrected chi connectivity index (χ0v) is 11.2. The lowest BCUT2D eigenvalue weighted by Gasteiger charge is -2.22. The van der Waals surface area contributed by atoms with Gasteiger partial charge in [0, 0.05) is 11.8 Å². The Bertz CT molecular complexity index is 237. The molecular weight excluding hydrogens is 237 g/mol. The molecule has 0 unspecified atom stereocenters. The van der Waals surface area contributed by atoms with Crippen molar-refractivity contribution in [3.63, 3.8) is 0 Å². The molecule has 0 spiro atoms. The van der Waals surface area contributed by atoms with Gasteiger partial charge in [0.2, 0.25) is 5.88 Å². The van der Waals surface area contributed by atoms with E-state index in [2.05, 4.69) is 5.48 Å². The molecule has 0 heterocycles. The summed E-state index contributed by atoms with van der Waals surface area (Å²) in [6.45, 7) is 3.65. The molecule has 0 saturated heterocycles. The minimum absolute atomic E-state index is 0.391. The molecule has 0 radical (unpaired) electrons. The van der Waals surface area contributed by atoms with Crippen LogP contribution in [0, 0.1) is 0 Å². The van der Waals surface area contributed by atoms with Crippen molar-refractivity contribution < 1.29 is 18.4 Å². The Balaban J connectivity index is 4.44. The summed E-state index contributed by atoms with van der Waals surface area (Å²) in [4.78, 5) is 4.71. The minimum atomic E-state index is -2.70. The topological polar surface area (TPSA) is 49.0 Å². The molecule has 0 aromatic heterocycles. The van der Waals surface area contributed by atoms with Crippen LogP contribution in [0.2, 0.25) is 0 Å². The van der Waals surface area contributed by atoms with Crippen LogP contribution in [0.1, 0.15) is 20.8 Å². The fourth-order valence-corrected chi connectivity index (χ4v) is 2.83. The Morgan fingerprint density at radius 1 is 1.33 bits per heavy atom. The smallest absolute Gasteiger partial charge is 0.381 e. The van der Waals surface area contributed by atoms with E-state index in [1.165, 1.54) is 7.11 Å². The molecule has 0 aromatic carbocycles. The van der Waals surface area contributed by atoms with Crippen molar-refractivity contribution in [3.05, 3.63) is 12.0 Å². The molecule has 15 heavy (non-hydrogen) atoms. The van der Waals surface area contributed by atoms with Crippen LogP contribution in [0.4, 0.5) is 0 Å². The summed E-state index contributed by atoms with van der Waals surface area (Å²) in [6, 6.07) is 0. The van der Waals surface area contributed by atoms with E-state index in [1.807, 2.05) is 13.8 Å². The van der Waals surface area contributed by atoms with Gasteiger partial charge in [-0.2, -0.15) is 0 Å². The molecule has 0 atom stereocenters. The molecular formula is C8H18NO4PS. The molecule has 5 nitrogen and oxygen atoms in total. The Kier molecular flexibility index (Phi) is 8.00. The van der Waals surface area contributed by atoms with Crippen LogP contribution >= 0.6 is 6.72 Å². The zero-order valence-electron chi connectivity index (χ0n) is 9.48. The highest BCUT2D eigenvalue weighted by Gasteiger charge is 2.22. The van der Waals surface area contributed by atoms with Crippen molar-refractivity contribution in [1.82, 2.24) is 5.48 Å². The van der Waals surface area contributed by atoms with Gasteiger partial charge in [-0.1, -0.05) is 0 Å². The Morgan fingerprint density at radius 3 is 2.20 bits per heavy atom. The fraction of sp³-hybridized carbons (Fsp3) is 0.750. The van der Waals surface area contributed by atoms with E-state index in [1.54, 1.807) is 13.0 Å². The number of hydrogen-bond acceptors (Lipinski definition) is 6. The highest BCUT2D eigenvalue weighted by molar-refractivity contribution is 8.07. The maximum absolute atomic E-state index is 5.41. The maximum atomic E-state index is 5.41. The summed E-state index contributed by atoms with van der Waals surface area (Å²) < 4.78 is 16.0. The monoisotopic (exact) mass is 255 g/mol. The van der Waals surface area contributed by atoms with E-state index in [4.69, 9.17) is 30.2 Å². The van der Waals surface area contributed by atoms with Crippen molar-refractivity contribution in [2.75, 3.05) is 20.3 Å². The summed E-state index contributed by atoms with van der Waals surface area (Å²) in [6.07, 6.45) is 1.68. The number of nitrogens with one attached hydrogen (secondary N) is 1. The van der Waals surface area contributed by atoms with Crippen molar-refractivity contribution in [2.24, 2.45) is 0 Å². The van der Waals surface area contributed by atoms with Crippen LogP contribution in [-0.2, 0) is 30.2 Å². The van der Waals surface area contributed by atoms with Gasteiger partial charge in [-0.15, -0.1) is 0 Å². The normalized spacial score (nSPS) is 12.7. The lowest BCUT2D eigenvalue weighted by molar-refractivity contribution is 0.0731. The van der Waals surface area contributed by atoms with E-state index in [0.717, 1.165) is 0 Å². The van der Waals surface area contributed by atoms with Gasteiger partial charge in [-0.05, 0) is 26.8 Å². The second-order valence-corrected chi connectivity index (χ2v) is 5.27. The first kappa shape index (κ1) is 14.9. The molecule has 7 heteroatoms. The predicted molar refractivity (Wildman–Crippen MR) is 62.5 cm³/mol. The van der Waals surface area contributed by atoms with Gasteiger partial charge >= 0.3 is 6.72 Å². The summed E-state index contributed by atoms with van der Waals surface area (Å²) in [5, 5.41) is 0. The van der Waals surface area contributed by atoms with Gasteiger partial charge < -0.3 is 4.52 Å². The lowest BCUT2D eigenvalue weighted by Crippen LogP contribution is -2.14. The van der Waals surface area contributed by atoms with Gasteiger partial charge in [0.15, 0.2) is 0 Å². The maximum Gasteiger partial charge on any atom is 0.381 e. The van der Waals surface area contributed by atoms with Gasteiger partial charge in [0.25, 0.3) is 0 Å². The first-order valence-corrected chi connectivity index (χ1v) is 7.21. The molecule has 0 saturated carbocycles. The third-order valence-corrected chi connectivity index (χ3v) is 3.67. The van der Waals surface area contributed by atoms with E-state index in [9.17, 15) is 0 Å². The lowest BCUT2D eigenvalue weighted by atomic mass is 10.7. The number of rotatable bonds is 8. The molecule has 0 amide bonds. The van der Waals surface area contributed by atoms with Crippen LogP contribution in [0.5, 0.6) is 0 Å². The van der Waals surface area contributed by atoms with Crippen molar-refractivity contribution in [3.8, 4) is 0 Å². The van der Waals surface area contributed by atoms with E-state index < -0.39 is 6.72 Å². The highest BCUT2D eigenvalue weighted by Crippen LogP contribution is 2.51. The quantitative estimate of drug-likeness (QED) is 0.408. The van der Waals surface area contributed by atoms with Crippen molar-refractivity contribution >= 4 is 18.5 Å². The van der Waals surface area contributed by atoms with Crippen LogP contribution in [0.3, 0.4) is 0 Å². The molecule has 1 N–H and O–H groups in total. The number of hydroxylamine groups is 1. The first-order chi connectivity index (χ1) is 7.11. The molecule has 0 bridgehead atoms. The van der Waals surface area contributed by atoms with Gasteiger partial charge in [-0.3, -0.25) is 13.9 Å². The Morgan fingerprint density at radius 2 is 1.87 bits per heavy atom. The molecule has 0 aliphatic rings. The standard InChI is InChI=1S/C8H18NO4PS/c1-5-8(9-10-4)13-14(15,11-6-2)12-7-3/h5,9H,6-7H2,1-4H3. The van der Waals surface area contributed by atoms with Gasteiger partial charge in [0.05, 0.1) is 20.3 Å². The second kappa shape index (κ2) is 8.07. The molecule has 90 valence electrons. The average molecular weight is 255 g/mol. The molecule has 0 rings (SSSR count). The van der Waals surface area contributed by atoms with Gasteiger partial charge in [0.1, 0.15) is 0 Å².